The average molecular weight is 271 g/mol. The molecule has 0 aromatic heterocycles. The zero-order chi connectivity index (χ0) is 12.4. The number of benzene rings is 2. The third-order valence-electron chi connectivity index (χ3n) is 3.09. The van der Waals surface area contributed by atoms with Gasteiger partial charge in [-0.3, -0.25) is 0 Å². The molecule has 1 atom stereocenters. The third kappa shape index (κ3) is 2.16. The Morgan fingerprint density at radius 3 is 2.22 bits per heavy atom. The molecule has 0 saturated carbocycles. The highest BCUT2D eigenvalue weighted by Crippen LogP contribution is 2.38. The summed E-state index contributed by atoms with van der Waals surface area (Å²) in [7, 11) is 0. The molecular weight excluding hydrogens is 258 g/mol. The zero-order valence-corrected chi connectivity index (χ0v) is 11.5. The summed E-state index contributed by atoms with van der Waals surface area (Å²) in [6.07, 6.45) is 0. The van der Waals surface area contributed by atoms with Crippen LogP contribution in [0, 0.1) is 0 Å². The highest BCUT2D eigenvalue weighted by atomic mass is 32.2. The Kier molecular flexibility index (Phi) is 3.35. The molecule has 2 aromatic rings. The summed E-state index contributed by atoms with van der Waals surface area (Å²) < 4.78 is 0.968. The molecular formula is C15H13NS2. The summed E-state index contributed by atoms with van der Waals surface area (Å²) in [6, 6.07) is 21.3. The van der Waals surface area contributed by atoms with Gasteiger partial charge in [-0.05, 0) is 17.7 Å². The van der Waals surface area contributed by atoms with Crippen molar-refractivity contribution >= 4 is 34.0 Å². The van der Waals surface area contributed by atoms with E-state index in [0.29, 0.717) is 6.04 Å². The molecule has 90 valence electrons. The molecule has 1 aliphatic heterocycles. The smallest absolute Gasteiger partial charge is 0.141 e. The fourth-order valence-corrected chi connectivity index (χ4v) is 3.67. The second-order valence-electron chi connectivity index (χ2n) is 4.21. The standard InChI is InChI=1S/C15H13NS2/c17-15-16(13-9-5-2-6-10-13)14(11-18-15)12-7-3-1-4-8-12/h1-10,14H,11H2. The molecule has 1 nitrogen and oxygen atoms in total. The fourth-order valence-electron chi connectivity index (χ4n) is 2.22. The molecule has 3 rings (SSSR count). The lowest BCUT2D eigenvalue weighted by Crippen LogP contribution is -2.26. The first-order valence-electron chi connectivity index (χ1n) is 5.92. The SMILES string of the molecule is S=C1SCC(c2ccccc2)N1c1ccccc1. The van der Waals surface area contributed by atoms with Crippen molar-refractivity contribution in [1.82, 2.24) is 0 Å². The molecule has 1 fully saturated rings. The molecule has 0 aliphatic carbocycles. The fraction of sp³-hybridized carbons (Fsp3) is 0.133. The second kappa shape index (κ2) is 5.12. The van der Waals surface area contributed by atoms with E-state index in [2.05, 4.69) is 59.5 Å². The van der Waals surface area contributed by atoms with Crippen LogP contribution >= 0.6 is 24.0 Å². The lowest BCUT2D eigenvalue weighted by molar-refractivity contribution is 0.829. The Morgan fingerprint density at radius 2 is 1.56 bits per heavy atom. The van der Waals surface area contributed by atoms with Crippen molar-refractivity contribution in [3.63, 3.8) is 0 Å². The molecule has 1 aliphatic rings. The van der Waals surface area contributed by atoms with Crippen LogP contribution in [0.4, 0.5) is 5.69 Å². The lowest BCUT2D eigenvalue weighted by atomic mass is 10.1. The molecule has 1 heterocycles. The van der Waals surface area contributed by atoms with Crippen molar-refractivity contribution in [2.45, 2.75) is 6.04 Å². The summed E-state index contributed by atoms with van der Waals surface area (Å²) in [5.74, 6) is 1.03. The Hall–Kier alpha value is -1.32. The maximum absolute atomic E-state index is 5.49. The Labute approximate surface area is 117 Å². The van der Waals surface area contributed by atoms with Crippen LogP contribution < -0.4 is 4.90 Å². The minimum atomic E-state index is 0.353. The Bertz CT molecular complexity index is 539. The molecule has 2 aromatic carbocycles. The predicted molar refractivity (Wildman–Crippen MR) is 83.2 cm³/mol. The molecule has 0 amide bonds. The van der Waals surface area contributed by atoms with Gasteiger partial charge in [-0.1, -0.05) is 72.5 Å². The van der Waals surface area contributed by atoms with E-state index in [1.165, 1.54) is 11.3 Å². The number of hydrogen-bond acceptors (Lipinski definition) is 2. The molecule has 0 N–H and O–H groups in total. The normalized spacial score (nSPS) is 19.2. The summed E-state index contributed by atoms with van der Waals surface area (Å²) in [6.45, 7) is 0. The third-order valence-corrected chi connectivity index (χ3v) is 4.57. The minimum Gasteiger partial charge on any atom is -0.319 e. The number of hydrogen-bond donors (Lipinski definition) is 0. The monoisotopic (exact) mass is 271 g/mol. The molecule has 18 heavy (non-hydrogen) atoms. The number of thiocarbonyl (C=S) groups is 1. The van der Waals surface area contributed by atoms with E-state index in [-0.39, 0.29) is 0 Å². The van der Waals surface area contributed by atoms with E-state index < -0.39 is 0 Å². The van der Waals surface area contributed by atoms with Crippen LogP contribution in [0.1, 0.15) is 11.6 Å². The van der Waals surface area contributed by atoms with E-state index in [9.17, 15) is 0 Å². The van der Waals surface area contributed by atoms with Crippen LogP contribution in [0.3, 0.4) is 0 Å². The van der Waals surface area contributed by atoms with Crippen molar-refractivity contribution in [3.8, 4) is 0 Å². The van der Waals surface area contributed by atoms with E-state index in [1.54, 1.807) is 11.8 Å². The molecule has 3 heteroatoms. The molecule has 0 spiro atoms. The number of thioether (sulfide) groups is 1. The quantitative estimate of drug-likeness (QED) is 0.751. The summed E-state index contributed by atoms with van der Waals surface area (Å²) in [5, 5.41) is 0. The first kappa shape index (κ1) is 11.8. The van der Waals surface area contributed by atoms with Crippen molar-refractivity contribution < 1.29 is 0 Å². The highest BCUT2D eigenvalue weighted by Gasteiger charge is 2.30. The van der Waals surface area contributed by atoms with Gasteiger partial charge in [0.25, 0.3) is 0 Å². The van der Waals surface area contributed by atoms with Gasteiger partial charge in [-0.15, -0.1) is 0 Å². The minimum absolute atomic E-state index is 0.353. The van der Waals surface area contributed by atoms with E-state index in [0.717, 1.165) is 10.1 Å². The maximum Gasteiger partial charge on any atom is 0.141 e. The molecule has 1 unspecified atom stereocenters. The van der Waals surface area contributed by atoms with Gasteiger partial charge in [0, 0.05) is 11.4 Å². The second-order valence-corrected chi connectivity index (χ2v) is 5.86. The summed E-state index contributed by atoms with van der Waals surface area (Å²) in [5.41, 5.74) is 2.51. The molecule has 0 bridgehead atoms. The van der Waals surface area contributed by atoms with Gasteiger partial charge in [0.05, 0.1) is 6.04 Å². The summed E-state index contributed by atoms with van der Waals surface area (Å²) >= 11 is 7.25. The average Bonchev–Trinajstić information content (AvgIpc) is 2.83. The van der Waals surface area contributed by atoms with Crippen LogP contribution in [0.5, 0.6) is 0 Å². The Morgan fingerprint density at radius 1 is 0.944 bits per heavy atom. The van der Waals surface area contributed by atoms with Crippen molar-refractivity contribution in [3.05, 3.63) is 66.2 Å². The number of rotatable bonds is 2. The van der Waals surface area contributed by atoms with Crippen molar-refractivity contribution in [2.75, 3.05) is 10.7 Å². The van der Waals surface area contributed by atoms with Gasteiger partial charge in [0.2, 0.25) is 0 Å². The topological polar surface area (TPSA) is 3.24 Å². The zero-order valence-electron chi connectivity index (χ0n) is 9.82. The van der Waals surface area contributed by atoms with Gasteiger partial charge in [0.15, 0.2) is 0 Å². The van der Waals surface area contributed by atoms with Gasteiger partial charge in [0.1, 0.15) is 4.32 Å². The largest absolute Gasteiger partial charge is 0.319 e. The summed E-state index contributed by atoms with van der Waals surface area (Å²) in [4.78, 5) is 2.26. The predicted octanol–water partition coefficient (Wildman–Crippen LogP) is 4.27. The number of para-hydroxylation sites is 1. The van der Waals surface area contributed by atoms with E-state index in [1.807, 2.05) is 6.07 Å². The van der Waals surface area contributed by atoms with E-state index in [4.69, 9.17) is 12.2 Å². The lowest BCUT2D eigenvalue weighted by Gasteiger charge is -2.25. The Balaban J connectivity index is 1.98. The van der Waals surface area contributed by atoms with E-state index >= 15 is 0 Å². The first-order valence-corrected chi connectivity index (χ1v) is 7.31. The van der Waals surface area contributed by atoms with Crippen LogP contribution in [-0.4, -0.2) is 10.1 Å². The van der Waals surface area contributed by atoms with Gasteiger partial charge < -0.3 is 4.90 Å². The van der Waals surface area contributed by atoms with Crippen LogP contribution in [-0.2, 0) is 0 Å². The van der Waals surface area contributed by atoms with Gasteiger partial charge in [-0.2, -0.15) is 0 Å². The van der Waals surface area contributed by atoms with Gasteiger partial charge in [-0.25, -0.2) is 0 Å². The molecule has 1 saturated heterocycles. The van der Waals surface area contributed by atoms with Crippen molar-refractivity contribution in [2.24, 2.45) is 0 Å². The first-order chi connectivity index (χ1) is 8.86. The van der Waals surface area contributed by atoms with Crippen LogP contribution in [0.25, 0.3) is 0 Å². The number of nitrogens with zero attached hydrogens (tertiary/aromatic N) is 1. The number of anilines is 1. The van der Waals surface area contributed by atoms with Crippen LogP contribution in [0.15, 0.2) is 60.7 Å². The molecule has 0 radical (unpaired) electrons. The van der Waals surface area contributed by atoms with Crippen molar-refractivity contribution in [1.29, 1.82) is 0 Å². The highest BCUT2D eigenvalue weighted by molar-refractivity contribution is 8.23. The van der Waals surface area contributed by atoms with Gasteiger partial charge >= 0.3 is 0 Å². The van der Waals surface area contributed by atoms with Crippen LogP contribution in [0.2, 0.25) is 0 Å². The maximum atomic E-state index is 5.49.